The van der Waals surface area contributed by atoms with E-state index in [4.69, 9.17) is 25.8 Å². The van der Waals surface area contributed by atoms with Gasteiger partial charge in [-0.15, -0.1) is 4.36 Å². The molecule has 2 aliphatic carbocycles. The summed E-state index contributed by atoms with van der Waals surface area (Å²) < 4.78 is 42.2. The molecular formula is C42H51ClN4O6S. The van der Waals surface area contributed by atoms with Crippen LogP contribution >= 0.6 is 11.6 Å². The summed E-state index contributed by atoms with van der Waals surface area (Å²) in [6.45, 7) is 4.71. The van der Waals surface area contributed by atoms with Crippen LogP contribution in [0.4, 0.5) is 5.69 Å². The number of carbonyl (C=O) groups excluding carboxylic acids is 2. The normalized spacial score (nSPS) is 31.4. The molecule has 2 bridgehead atoms. The van der Waals surface area contributed by atoms with Crippen LogP contribution < -0.4 is 14.4 Å². The molecule has 1 N–H and O–H groups in total. The standard InChI is InChI=1S/C42H51ClN4O6S/c1-27-6-4-8-38(52-3)35-12-9-30(35)22-47-25-42(16-5-7-28-18-32(43)11-13-36(28)42)26-53-39-14-10-29(20-37(39)47)40(48)44-54(50,24-27)45-41(49)31-19-33-21-34(51-2)15-17-46(33)23-31/h4,8,10-11,13-14,18-20,23,27,30,34-35,38H,5-7,9,12,15-17,21-22,24-26H2,1-3H3,(H,44,45,48,49,50)/b8-4+/t27-,30-,34?,35+,38-,42-,54?/m0/s1. The van der Waals surface area contributed by atoms with Crippen LogP contribution in [0.25, 0.3) is 0 Å². The number of anilines is 1. The van der Waals surface area contributed by atoms with Gasteiger partial charge in [0, 0.05) is 68.2 Å². The van der Waals surface area contributed by atoms with Crippen LogP contribution in [0.3, 0.4) is 0 Å². The zero-order valence-corrected chi connectivity index (χ0v) is 33.0. The van der Waals surface area contributed by atoms with Crippen molar-refractivity contribution >= 4 is 39.0 Å². The first-order valence-corrected chi connectivity index (χ1v) is 21.4. The molecule has 1 spiro atoms. The molecule has 8 rings (SSSR count). The van der Waals surface area contributed by atoms with Gasteiger partial charge in [0.05, 0.1) is 35.8 Å². The van der Waals surface area contributed by atoms with Crippen molar-refractivity contribution in [2.75, 3.05) is 44.6 Å². The molecule has 54 heavy (non-hydrogen) atoms. The molecule has 2 unspecified atom stereocenters. The van der Waals surface area contributed by atoms with Gasteiger partial charge in [-0.2, -0.15) is 0 Å². The summed E-state index contributed by atoms with van der Waals surface area (Å²) in [4.78, 5) is 30.3. The fraction of sp³-hybridized carbons (Fsp3) is 0.524. The number of ether oxygens (including phenoxy) is 3. The van der Waals surface area contributed by atoms with Crippen molar-refractivity contribution in [2.45, 2.75) is 82.5 Å². The fourth-order valence-corrected chi connectivity index (χ4v) is 11.5. The second-order valence-corrected chi connectivity index (χ2v) is 18.6. The molecule has 1 saturated carbocycles. The van der Waals surface area contributed by atoms with E-state index in [0.717, 1.165) is 74.6 Å². The molecule has 12 heteroatoms. The minimum atomic E-state index is -3.54. The Balaban J connectivity index is 1.17. The van der Waals surface area contributed by atoms with Gasteiger partial charge in [-0.3, -0.25) is 14.3 Å². The highest BCUT2D eigenvalue weighted by molar-refractivity contribution is 7.92. The van der Waals surface area contributed by atoms with E-state index >= 15 is 0 Å². The Morgan fingerprint density at radius 2 is 1.98 bits per heavy atom. The molecule has 3 aromatic rings. The highest BCUT2D eigenvalue weighted by Crippen LogP contribution is 2.47. The van der Waals surface area contributed by atoms with Gasteiger partial charge in [0.25, 0.3) is 11.8 Å². The predicted octanol–water partition coefficient (Wildman–Crippen LogP) is 7.17. The van der Waals surface area contributed by atoms with E-state index in [0.29, 0.717) is 48.2 Å². The van der Waals surface area contributed by atoms with Crippen LogP contribution in [0, 0.1) is 17.8 Å². The maximum absolute atomic E-state index is 14.7. The second-order valence-electron chi connectivity index (χ2n) is 16.2. The first-order chi connectivity index (χ1) is 26.0. The zero-order chi connectivity index (χ0) is 37.6. The molecule has 10 nitrogen and oxygen atoms in total. The number of rotatable bonds is 4. The van der Waals surface area contributed by atoms with Crippen LogP contribution in [0.2, 0.25) is 5.02 Å². The van der Waals surface area contributed by atoms with Gasteiger partial charge < -0.3 is 23.7 Å². The Labute approximate surface area is 323 Å². The summed E-state index contributed by atoms with van der Waals surface area (Å²) in [5, 5.41) is 0.742. The summed E-state index contributed by atoms with van der Waals surface area (Å²) in [6.07, 6.45) is 13.3. The summed E-state index contributed by atoms with van der Waals surface area (Å²) in [6, 6.07) is 13.5. The number of benzene rings is 2. The number of methoxy groups -OCH3 is 2. The van der Waals surface area contributed by atoms with Crippen LogP contribution in [0.1, 0.15) is 83.0 Å². The monoisotopic (exact) mass is 774 g/mol. The topological polar surface area (TPSA) is 111 Å². The van der Waals surface area contributed by atoms with Crippen molar-refractivity contribution in [3.8, 4) is 5.75 Å². The van der Waals surface area contributed by atoms with Gasteiger partial charge in [-0.1, -0.05) is 36.7 Å². The molecule has 1 fully saturated rings. The summed E-state index contributed by atoms with van der Waals surface area (Å²) in [7, 11) is -0.0652. The number of aryl methyl sites for hydroxylation is 2. The van der Waals surface area contributed by atoms with E-state index in [1.165, 1.54) is 11.1 Å². The van der Waals surface area contributed by atoms with E-state index in [-0.39, 0.29) is 29.3 Å². The Kier molecular flexibility index (Phi) is 10.4. The third-order valence-electron chi connectivity index (χ3n) is 12.5. The maximum Gasteiger partial charge on any atom is 0.286 e. The lowest BCUT2D eigenvalue weighted by atomic mass is 9.68. The van der Waals surface area contributed by atoms with E-state index in [1.54, 1.807) is 26.5 Å². The minimum absolute atomic E-state index is 0.0178. The number of halogens is 1. The Morgan fingerprint density at radius 3 is 2.78 bits per heavy atom. The molecular weight excluding hydrogens is 724 g/mol. The SMILES string of the molecule is COC1CCn2cc(C(=O)NS3(=O)=NC(=O)c4ccc5c(c4)N(C[C@@H]4CC[C@H]4[C@@H](OC)/C=C/C[C@H](C)C3)C[C@@]3(CCCc4cc(Cl)ccc43)CO5)cc2C1. The number of allylic oxidation sites excluding steroid dienone is 1. The van der Waals surface area contributed by atoms with Gasteiger partial charge in [-0.25, -0.2) is 4.21 Å². The lowest BCUT2D eigenvalue weighted by Gasteiger charge is -2.46. The fourth-order valence-electron chi connectivity index (χ4n) is 9.45. The van der Waals surface area contributed by atoms with Crippen molar-refractivity contribution in [1.29, 1.82) is 0 Å². The number of hydrogen-bond donors (Lipinski definition) is 1. The molecule has 0 saturated heterocycles. The molecule has 7 atom stereocenters. The number of hydrogen-bond acceptors (Lipinski definition) is 7. The van der Waals surface area contributed by atoms with Gasteiger partial charge in [0.2, 0.25) is 0 Å². The maximum atomic E-state index is 14.7. The molecule has 2 amide bonds. The summed E-state index contributed by atoms with van der Waals surface area (Å²) in [5.74, 6) is 0.171. The zero-order valence-electron chi connectivity index (χ0n) is 31.4. The molecule has 288 valence electrons. The first-order valence-electron chi connectivity index (χ1n) is 19.4. The molecule has 2 aromatic carbocycles. The van der Waals surface area contributed by atoms with Crippen LogP contribution in [0.15, 0.2) is 65.2 Å². The average Bonchev–Trinajstić information content (AvgIpc) is 3.51. The lowest BCUT2D eigenvalue weighted by molar-refractivity contribution is 0.0131. The molecule has 4 heterocycles. The van der Waals surface area contributed by atoms with Crippen molar-refractivity contribution in [3.63, 3.8) is 0 Å². The molecule has 3 aliphatic heterocycles. The van der Waals surface area contributed by atoms with Crippen LogP contribution in [-0.2, 0) is 44.2 Å². The van der Waals surface area contributed by atoms with Crippen molar-refractivity contribution in [2.24, 2.45) is 22.1 Å². The third-order valence-corrected chi connectivity index (χ3v) is 14.7. The molecule has 1 aromatic heterocycles. The van der Waals surface area contributed by atoms with E-state index < -0.39 is 21.7 Å². The smallest absolute Gasteiger partial charge is 0.286 e. The largest absolute Gasteiger partial charge is 0.490 e. The third kappa shape index (κ3) is 7.36. The minimum Gasteiger partial charge on any atom is -0.490 e. The summed E-state index contributed by atoms with van der Waals surface area (Å²) in [5.41, 5.74) is 4.80. The van der Waals surface area contributed by atoms with Crippen molar-refractivity contribution in [1.82, 2.24) is 9.29 Å². The van der Waals surface area contributed by atoms with Gasteiger partial charge in [-0.05, 0) is 110 Å². The van der Waals surface area contributed by atoms with Gasteiger partial charge >= 0.3 is 0 Å². The number of fused-ring (bicyclic) bond motifs is 5. The highest BCUT2D eigenvalue weighted by Gasteiger charge is 2.44. The summed E-state index contributed by atoms with van der Waals surface area (Å²) >= 11 is 6.48. The van der Waals surface area contributed by atoms with Crippen molar-refractivity contribution < 1.29 is 28.0 Å². The number of nitrogens with zero attached hydrogens (tertiary/aromatic N) is 3. The first kappa shape index (κ1) is 37.3. The van der Waals surface area contributed by atoms with Crippen molar-refractivity contribution in [3.05, 3.63) is 93.8 Å². The Bertz CT molecular complexity index is 2090. The predicted molar refractivity (Wildman–Crippen MR) is 211 cm³/mol. The lowest BCUT2D eigenvalue weighted by Crippen LogP contribution is -2.49. The Morgan fingerprint density at radius 1 is 1.11 bits per heavy atom. The van der Waals surface area contributed by atoms with E-state index in [9.17, 15) is 13.8 Å². The average molecular weight is 775 g/mol. The van der Waals surface area contributed by atoms with Gasteiger partial charge in [0.1, 0.15) is 15.7 Å². The molecule has 0 radical (unpaired) electrons. The van der Waals surface area contributed by atoms with Gasteiger partial charge in [0.15, 0.2) is 0 Å². The second kappa shape index (κ2) is 15.1. The number of carbonyl (C=O) groups is 2. The molecule has 5 aliphatic rings. The Hall–Kier alpha value is -3.64. The quantitative estimate of drug-likeness (QED) is 0.280. The van der Waals surface area contributed by atoms with Crippen LogP contribution in [0.5, 0.6) is 5.75 Å². The van der Waals surface area contributed by atoms with E-state index in [2.05, 4.69) is 38.3 Å². The highest BCUT2D eigenvalue weighted by atomic mass is 35.5. The van der Waals surface area contributed by atoms with Crippen LogP contribution in [-0.4, -0.2) is 72.5 Å². The van der Waals surface area contributed by atoms with E-state index in [1.807, 2.05) is 35.8 Å². The number of nitrogens with one attached hydrogen (secondary N) is 1. The number of aromatic nitrogens is 1. The number of amides is 2.